The number of nitrogens with zero attached hydrogens (tertiary/aromatic N) is 1. The maximum Gasteiger partial charge on any atom is 0.242 e. The Morgan fingerprint density at radius 2 is 2.05 bits per heavy atom. The highest BCUT2D eigenvalue weighted by atomic mass is 35.5. The van der Waals surface area contributed by atoms with E-state index in [1.54, 1.807) is 6.07 Å². The van der Waals surface area contributed by atoms with Crippen LogP contribution in [0.15, 0.2) is 23.1 Å². The molecule has 1 aliphatic carbocycles. The van der Waals surface area contributed by atoms with E-state index in [9.17, 15) is 8.42 Å². The summed E-state index contributed by atoms with van der Waals surface area (Å²) in [5, 5.41) is 0.162. The molecular formula is C13H18ClN3O2S. The number of nitrogens with two attached hydrogens (primary N) is 1. The van der Waals surface area contributed by atoms with Crippen LogP contribution in [0.25, 0.3) is 0 Å². The van der Waals surface area contributed by atoms with Crippen LogP contribution >= 0.6 is 11.6 Å². The summed E-state index contributed by atoms with van der Waals surface area (Å²) in [6.07, 6.45) is 3.33. The molecule has 3 rings (SSSR count). The van der Waals surface area contributed by atoms with Crippen LogP contribution in [0.1, 0.15) is 19.3 Å². The van der Waals surface area contributed by atoms with Crippen molar-refractivity contribution in [1.82, 2.24) is 9.62 Å². The minimum absolute atomic E-state index is 0.0331. The van der Waals surface area contributed by atoms with Crippen LogP contribution in [0.4, 0.5) is 5.69 Å². The van der Waals surface area contributed by atoms with E-state index >= 15 is 0 Å². The smallest absolute Gasteiger partial charge is 0.242 e. The minimum Gasteiger partial charge on any atom is -0.399 e. The molecule has 0 spiro atoms. The average Bonchev–Trinajstić information content (AvgIpc) is 3.10. The number of halogens is 1. The fourth-order valence-corrected chi connectivity index (χ4v) is 4.49. The lowest BCUT2D eigenvalue weighted by Crippen LogP contribution is -2.37. The van der Waals surface area contributed by atoms with Gasteiger partial charge in [0.05, 0.1) is 5.02 Å². The van der Waals surface area contributed by atoms with Gasteiger partial charge in [-0.3, -0.25) is 4.90 Å². The van der Waals surface area contributed by atoms with Crippen molar-refractivity contribution in [2.75, 3.05) is 18.8 Å². The molecule has 1 saturated heterocycles. The molecule has 7 heteroatoms. The normalized spacial score (nSPS) is 24.1. The molecule has 1 aromatic carbocycles. The molecule has 1 saturated carbocycles. The Morgan fingerprint density at radius 3 is 2.70 bits per heavy atom. The van der Waals surface area contributed by atoms with Crippen molar-refractivity contribution in [3.05, 3.63) is 23.2 Å². The van der Waals surface area contributed by atoms with E-state index in [-0.39, 0.29) is 16.0 Å². The van der Waals surface area contributed by atoms with Crippen molar-refractivity contribution in [1.29, 1.82) is 0 Å². The van der Waals surface area contributed by atoms with Crippen LogP contribution in [-0.2, 0) is 10.0 Å². The Labute approximate surface area is 124 Å². The minimum atomic E-state index is -3.58. The van der Waals surface area contributed by atoms with Crippen molar-refractivity contribution in [3.63, 3.8) is 0 Å². The monoisotopic (exact) mass is 315 g/mol. The summed E-state index contributed by atoms with van der Waals surface area (Å²) in [5.41, 5.74) is 6.04. The van der Waals surface area contributed by atoms with Crippen molar-refractivity contribution < 1.29 is 8.42 Å². The quantitative estimate of drug-likeness (QED) is 0.824. The van der Waals surface area contributed by atoms with Crippen LogP contribution in [0.5, 0.6) is 0 Å². The van der Waals surface area contributed by atoms with Gasteiger partial charge in [-0.05, 0) is 37.5 Å². The third kappa shape index (κ3) is 2.93. The summed E-state index contributed by atoms with van der Waals surface area (Å²) in [6.45, 7) is 1.75. The van der Waals surface area contributed by atoms with Gasteiger partial charge in [0.2, 0.25) is 10.0 Å². The van der Waals surface area contributed by atoms with Gasteiger partial charge in [0.1, 0.15) is 4.90 Å². The van der Waals surface area contributed by atoms with Crippen molar-refractivity contribution in [2.24, 2.45) is 0 Å². The summed E-state index contributed by atoms with van der Waals surface area (Å²) in [4.78, 5) is 2.45. The Balaban J connectivity index is 1.72. The van der Waals surface area contributed by atoms with Crippen molar-refractivity contribution in [2.45, 2.75) is 36.2 Å². The number of nitrogens with one attached hydrogen (secondary N) is 1. The Hall–Kier alpha value is -0.820. The molecule has 1 atom stereocenters. The number of nitrogen functional groups attached to an aromatic ring is 1. The van der Waals surface area contributed by atoms with Crippen LogP contribution in [0.2, 0.25) is 5.02 Å². The van der Waals surface area contributed by atoms with E-state index in [0.29, 0.717) is 11.7 Å². The largest absolute Gasteiger partial charge is 0.399 e. The number of likely N-dealkylation sites (tertiary alicyclic amines) is 1. The Bertz CT molecular complexity index is 616. The first kappa shape index (κ1) is 14.1. The second-order valence-corrected chi connectivity index (χ2v) is 7.61. The molecule has 1 heterocycles. The average molecular weight is 316 g/mol. The standard InChI is InChI=1S/C13H18ClN3O2S/c14-12-7-9(15)1-4-13(12)20(18,19)16-10-5-6-17(8-10)11-2-3-11/h1,4,7,10-11,16H,2-3,5-6,8,15H2. The lowest BCUT2D eigenvalue weighted by atomic mass is 10.3. The van der Waals surface area contributed by atoms with Gasteiger partial charge in [0.15, 0.2) is 0 Å². The maximum absolute atomic E-state index is 12.4. The summed E-state index contributed by atoms with van der Waals surface area (Å²) >= 11 is 5.98. The number of hydrogen-bond donors (Lipinski definition) is 2. The van der Waals surface area contributed by atoms with Gasteiger partial charge >= 0.3 is 0 Å². The second-order valence-electron chi connectivity index (χ2n) is 5.52. The first-order chi connectivity index (χ1) is 9.45. The maximum atomic E-state index is 12.4. The number of benzene rings is 1. The van der Waals surface area contributed by atoms with Crippen molar-refractivity contribution >= 4 is 27.3 Å². The van der Waals surface area contributed by atoms with E-state index in [1.165, 1.54) is 25.0 Å². The fourth-order valence-electron chi connectivity index (χ4n) is 2.67. The zero-order valence-corrected chi connectivity index (χ0v) is 12.6. The highest BCUT2D eigenvalue weighted by Gasteiger charge is 2.36. The predicted octanol–water partition coefficient (Wildman–Crippen LogP) is 1.44. The second kappa shape index (κ2) is 5.18. The fraction of sp³-hybridized carbons (Fsp3) is 0.538. The first-order valence-electron chi connectivity index (χ1n) is 6.77. The van der Waals surface area contributed by atoms with Gasteiger partial charge in [0, 0.05) is 30.9 Å². The molecule has 110 valence electrons. The molecule has 1 unspecified atom stereocenters. The van der Waals surface area contributed by atoms with E-state index in [4.69, 9.17) is 17.3 Å². The summed E-state index contributed by atoms with van der Waals surface area (Å²) in [5.74, 6) is 0. The van der Waals surface area contributed by atoms with E-state index in [0.717, 1.165) is 19.5 Å². The van der Waals surface area contributed by atoms with Crippen LogP contribution in [0.3, 0.4) is 0 Å². The zero-order valence-electron chi connectivity index (χ0n) is 11.0. The first-order valence-corrected chi connectivity index (χ1v) is 8.63. The van der Waals surface area contributed by atoms with E-state index < -0.39 is 10.0 Å². The lowest BCUT2D eigenvalue weighted by molar-refractivity contribution is 0.322. The van der Waals surface area contributed by atoms with Gasteiger partial charge in [-0.25, -0.2) is 13.1 Å². The van der Waals surface area contributed by atoms with E-state index in [2.05, 4.69) is 9.62 Å². The Morgan fingerprint density at radius 1 is 1.30 bits per heavy atom. The number of sulfonamides is 1. The molecule has 20 heavy (non-hydrogen) atoms. The van der Waals surface area contributed by atoms with Crippen LogP contribution in [-0.4, -0.2) is 38.5 Å². The summed E-state index contributed by atoms with van der Waals surface area (Å²) in [7, 11) is -3.58. The van der Waals surface area contributed by atoms with Crippen molar-refractivity contribution in [3.8, 4) is 0 Å². The van der Waals surface area contributed by atoms with Gasteiger partial charge in [0.25, 0.3) is 0 Å². The van der Waals surface area contributed by atoms with Crippen LogP contribution in [0, 0.1) is 0 Å². The molecule has 3 N–H and O–H groups in total. The van der Waals surface area contributed by atoms with Gasteiger partial charge < -0.3 is 5.73 Å². The van der Waals surface area contributed by atoms with Gasteiger partial charge in [-0.2, -0.15) is 0 Å². The molecule has 1 aromatic rings. The van der Waals surface area contributed by atoms with Crippen LogP contribution < -0.4 is 10.5 Å². The molecule has 0 aromatic heterocycles. The molecular weight excluding hydrogens is 298 g/mol. The van der Waals surface area contributed by atoms with Gasteiger partial charge in [-0.15, -0.1) is 0 Å². The molecule has 5 nitrogen and oxygen atoms in total. The third-order valence-corrected chi connectivity index (χ3v) is 5.85. The lowest BCUT2D eigenvalue weighted by Gasteiger charge is -2.16. The summed E-state index contributed by atoms with van der Waals surface area (Å²) < 4.78 is 27.5. The molecule has 2 aliphatic rings. The summed E-state index contributed by atoms with van der Waals surface area (Å²) in [6, 6.07) is 5.10. The Kier molecular flexibility index (Phi) is 3.66. The van der Waals surface area contributed by atoms with Gasteiger partial charge in [-0.1, -0.05) is 11.6 Å². The third-order valence-electron chi connectivity index (χ3n) is 3.85. The van der Waals surface area contributed by atoms with E-state index in [1.807, 2.05) is 0 Å². The number of hydrogen-bond acceptors (Lipinski definition) is 4. The number of anilines is 1. The molecule has 1 aliphatic heterocycles. The SMILES string of the molecule is Nc1ccc(S(=O)(=O)NC2CCN(C3CC3)C2)c(Cl)c1. The molecule has 0 bridgehead atoms. The zero-order chi connectivity index (χ0) is 14.3. The highest BCUT2D eigenvalue weighted by molar-refractivity contribution is 7.89. The number of rotatable bonds is 4. The molecule has 2 fully saturated rings. The highest BCUT2D eigenvalue weighted by Crippen LogP contribution is 2.30. The molecule has 0 radical (unpaired) electrons. The molecule has 0 amide bonds. The topological polar surface area (TPSA) is 75.4 Å². The predicted molar refractivity (Wildman–Crippen MR) is 79.2 cm³/mol.